The Morgan fingerprint density at radius 1 is 1.40 bits per heavy atom. The largest absolute Gasteiger partial charge is 0.355 e. The van der Waals surface area contributed by atoms with Gasteiger partial charge < -0.3 is 21.3 Å². The van der Waals surface area contributed by atoms with Crippen LogP contribution in [0.3, 0.4) is 0 Å². The molecule has 1 aliphatic rings. The summed E-state index contributed by atoms with van der Waals surface area (Å²) in [5.41, 5.74) is 5.30. The lowest BCUT2D eigenvalue weighted by atomic mass is 10.3. The maximum atomic E-state index is 11.3. The van der Waals surface area contributed by atoms with Crippen LogP contribution in [0.5, 0.6) is 0 Å². The Morgan fingerprint density at radius 3 is 3.07 bits per heavy atom. The third-order valence-corrected chi connectivity index (χ3v) is 2.55. The smallest absolute Gasteiger partial charge is 0.221 e. The van der Waals surface area contributed by atoms with E-state index in [1.165, 1.54) is 6.42 Å². The van der Waals surface area contributed by atoms with E-state index in [0.717, 1.165) is 32.7 Å². The summed E-state index contributed by atoms with van der Waals surface area (Å²) in [7, 11) is 0. The second-order valence-electron chi connectivity index (χ2n) is 3.83. The van der Waals surface area contributed by atoms with Crippen molar-refractivity contribution in [1.82, 2.24) is 15.5 Å². The number of nitrogens with zero attached hydrogens (tertiary/aromatic N) is 1. The van der Waals surface area contributed by atoms with Gasteiger partial charge in [0.15, 0.2) is 0 Å². The lowest BCUT2D eigenvalue weighted by molar-refractivity contribution is -0.121. The lowest BCUT2D eigenvalue weighted by Gasteiger charge is -2.18. The maximum absolute atomic E-state index is 11.3. The highest BCUT2D eigenvalue weighted by Gasteiger charge is 2.09. The zero-order chi connectivity index (χ0) is 10.9. The molecule has 1 heterocycles. The van der Waals surface area contributed by atoms with Gasteiger partial charge in [0, 0.05) is 39.1 Å². The molecule has 0 aromatic carbocycles. The Morgan fingerprint density at radius 2 is 2.27 bits per heavy atom. The highest BCUT2D eigenvalue weighted by molar-refractivity contribution is 5.76. The van der Waals surface area contributed by atoms with E-state index in [1.54, 1.807) is 0 Å². The molecule has 0 bridgehead atoms. The molecule has 5 nitrogen and oxygen atoms in total. The highest BCUT2D eigenvalue weighted by atomic mass is 16.1. The van der Waals surface area contributed by atoms with E-state index in [1.807, 2.05) is 0 Å². The zero-order valence-corrected chi connectivity index (χ0v) is 9.30. The molecule has 1 rings (SSSR count). The van der Waals surface area contributed by atoms with E-state index in [-0.39, 0.29) is 5.91 Å². The molecule has 1 amide bonds. The average molecular weight is 214 g/mol. The van der Waals surface area contributed by atoms with Crippen LogP contribution in [0.4, 0.5) is 0 Å². The first-order valence-corrected chi connectivity index (χ1v) is 5.73. The zero-order valence-electron chi connectivity index (χ0n) is 9.30. The van der Waals surface area contributed by atoms with Crippen molar-refractivity contribution in [2.75, 3.05) is 45.8 Å². The Kier molecular flexibility index (Phi) is 6.31. The summed E-state index contributed by atoms with van der Waals surface area (Å²) in [6.45, 7) is 6.22. The van der Waals surface area contributed by atoms with Crippen LogP contribution in [0.15, 0.2) is 0 Å². The quantitative estimate of drug-likeness (QED) is 0.535. The molecule has 1 fully saturated rings. The number of nitrogens with two attached hydrogens (primary N) is 1. The summed E-state index contributed by atoms with van der Waals surface area (Å²) in [6.07, 6.45) is 1.75. The molecular formula is C10H22N4O. The van der Waals surface area contributed by atoms with Crippen molar-refractivity contribution >= 4 is 5.91 Å². The van der Waals surface area contributed by atoms with Crippen molar-refractivity contribution in [2.45, 2.75) is 12.8 Å². The van der Waals surface area contributed by atoms with Crippen LogP contribution in [0.2, 0.25) is 0 Å². The van der Waals surface area contributed by atoms with Crippen LogP contribution in [0, 0.1) is 0 Å². The summed E-state index contributed by atoms with van der Waals surface area (Å²) in [5.74, 6) is 0.109. The van der Waals surface area contributed by atoms with Gasteiger partial charge in [0.2, 0.25) is 5.91 Å². The molecule has 0 aliphatic carbocycles. The normalized spacial score (nSPS) is 18.5. The van der Waals surface area contributed by atoms with Gasteiger partial charge >= 0.3 is 0 Å². The predicted molar refractivity (Wildman–Crippen MR) is 60.6 cm³/mol. The number of hydrogen-bond donors (Lipinski definition) is 3. The summed E-state index contributed by atoms with van der Waals surface area (Å²) >= 11 is 0. The van der Waals surface area contributed by atoms with Crippen LogP contribution in [-0.2, 0) is 4.79 Å². The first-order chi connectivity index (χ1) is 7.33. The molecule has 88 valence electrons. The van der Waals surface area contributed by atoms with Gasteiger partial charge in [-0.05, 0) is 19.5 Å². The Labute approximate surface area is 91.4 Å². The summed E-state index contributed by atoms with van der Waals surface area (Å²) < 4.78 is 0. The van der Waals surface area contributed by atoms with Gasteiger partial charge in [-0.1, -0.05) is 0 Å². The molecule has 4 N–H and O–H groups in total. The Bertz CT molecular complexity index is 178. The van der Waals surface area contributed by atoms with E-state index in [9.17, 15) is 4.79 Å². The second-order valence-corrected chi connectivity index (χ2v) is 3.83. The van der Waals surface area contributed by atoms with Crippen LogP contribution < -0.4 is 16.4 Å². The molecule has 0 aromatic heterocycles. The predicted octanol–water partition coefficient (Wildman–Crippen LogP) is -1.25. The minimum absolute atomic E-state index is 0.109. The molecular weight excluding hydrogens is 192 g/mol. The maximum Gasteiger partial charge on any atom is 0.221 e. The lowest BCUT2D eigenvalue weighted by Crippen LogP contribution is -2.34. The number of rotatable bonds is 5. The monoisotopic (exact) mass is 214 g/mol. The fourth-order valence-corrected chi connectivity index (χ4v) is 1.68. The third-order valence-electron chi connectivity index (χ3n) is 2.55. The molecule has 0 atom stereocenters. The van der Waals surface area contributed by atoms with E-state index >= 15 is 0 Å². The molecule has 1 aliphatic heterocycles. The number of hydrogen-bond acceptors (Lipinski definition) is 4. The van der Waals surface area contributed by atoms with Crippen molar-refractivity contribution < 1.29 is 4.79 Å². The van der Waals surface area contributed by atoms with Gasteiger partial charge in [-0.25, -0.2) is 0 Å². The van der Waals surface area contributed by atoms with Crippen LogP contribution >= 0.6 is 0 Å². The van der Waals surface area contributed by atoms with Gasteiger partial charge in [0.1, 0.15) is 0 Å². The molecule has 0 spiro atoms. The molecule has 1 saturated heterocycles. The number of nitrogens with one attached hydrogen (secondary N) is 2. The first kappa shape index (κ1) is 12.4. The SMILES string of the molecule is NCCNC(=O)CCN1CCCNCC1. The molecule has 0 unspecified atom stereocenters. The molecule has 5 heteroatoms. The number of carbonyl (C=O) groups excluding carboxylic acids is 1. The molecule has 0 aromatic rings. The highest BCUT2D eigenvalue weighted by Crippen LogP contribution is 1.96. The minimum Gasteiger partial charge on any atom is -0.355 e. The fourth-order valence-electron chi connectivity index (χ4n) is 1.68. The third kappa shape index (κ3) is 5.71. The van der Waals surface area contributed by atoms with Gasteiger partial charge in [-0.2, -0.15) is 0 Å². The van der Waals surface area contributed by atoms with Crippen molar-refractivity contribution in [3.05, 3.63) is 0 Å². The van der Waals surface area contributed by atoms with Gasteiger partial charge in [-0.15, -0.1) is 0 Å². The Hall–Kier alpha value is -0.650. The Balaban J connectivity index is 2.09. The van der Waals surface area contributed by atoms with Crippen molar-refractivity contribution in [1.29, 1.82) is 0 Å². The molecule has 15 heavy (non-hydrogen) atoms. The minimum atomic E-state index is 0.109. The van der Waals surface area contributed by atoms with E-state index in [0.29, 0.717) is 19.5 Å². The second kappa shape index (κ2) is 7.62. The van der Waals surface area contributed by atoms with E-state index in [4.69, 9.17) is 5.73 Å². The van der Waals surface area contributed by atoms with Gasteiger partial charge in [0.05, 0.1) is 0 Å². The standard InChI is InChI=1S/C10H22N4O/c11-3-5-13-10(15)2-8-14-7-1-4-12-6-9-14/h12H,1-9,11H2,(H,13,15). The van der Waals surface area contributed by atoms with Crippen LogP contribution in [-0.4, -0.2) is 56.6 Å². The van der Waals surface area contributed by atoms with E-state index in [2.05, 4.69) is 15.5 Å². The van der Waals surface area contributed by atoms with E-state index < -0.39 is 0 Å². The summed E-state index contributed by atoms with van der Waals surface area (Å²) in [4.78, 5) is 13.7. The summed E-state index contributed by atoms with van der Waals surface area (Å²) in [5, 5.41) is 6.12. The topological polar surface area (TPSA) is 70.4 Å². The fraction of sp³-hybridized carbons (Fsp3) is 0.900. The summed E-state index contributed by atoms with van der Waals surface area (Å²) in [6, 6.07) is 0. The van der Waals surface area contributed by atoms with Crippen molar-refractivity contribution in [3.63, 3.8) is 0 Å². The molecule has 0 radical (unpaired) electrons. The molecule has 0 saturated carbocycles. The van der Waals surface area contributed by atoms with Gasteiger partial charge in [0.25, 0.3) is 0 Å². The van der Waals surface area contributed by atoms with Crippen molar-refractivity contribution in [3.8, 4) is 0 Å². The van der Waals surface area contributed by atoms with Crippen LogP contribution in [0.25, 0.3) is 0 Å². The average Bonchev–Trinajstić information content (AvgIpc) is 2.51. The van der Waals surface area contributed by atoms with Crippen molar-refractivity contribution in [2.24, 2.45) is 5.73 Å². The van der Waals surface area contributed by atoms with Crippen LogP contribution in [0.1, 0.15) is 12.8 Å². The number of amides is 1. The number of carbonyl (C=O) groups is 1. The first-order valence-electron chi connectivity index (χ1n) is 5.73. The van der Waals surface area contributed by atoms with Gasteiger partial charge in [-0.3, -0.25) is 4.79 Å².